The van der Waals surface area contributed by atoms with Crippen LogP contribution in [0.1, 0.15) is 31.9 Å². The van der Waals surface area contributed by atoms with Crippen molar-refractivity contribution < 1.29 is 14.3 Å². The molecule has 0 aliphatic carbocycles. The number of carbonyl (C=O) groups excluding carboxylic acids is 2. The highest BCUT2D eigenvalue weighted by atomic mass is 16.5. The average molecular weight is 235 g/mol. The second-order valence-electron chi connectivity index (χ2n) is 3.68. The molecule has 1 aromatic carbocycles. The van der Waals surface area contributed by atoms with Crippen LogP contribution in [0.3, 0.4) is 0 Å². The Balaban J connectivity index is 2.44. The minimum absolute atomic E-state index is 0.113. The molecule has 0 bridgehead atoms. The first kappa shape index (κ1) is 13.2. The van der Waals surface area contributed by atoms with Crippen molar-refractivity contribution in [1.82, 2.24) is 5.32 Å². The summed E-state index contributed by atoms with van der Waals surface area (Å²) in [6, 6.07) is 9.46. The van der Waals surface area contributed by atoms with Gasteiger partial charge in [0.05, 0.1) is 12.6 Å². The van der Waals surface area contributed by atoms with Crippen LogP contribution in [-0.4, -0.2) is 18.5 Å². The topological polar surface area (TPSA) is 55.4 Å². The van der Waals surface area contributed by atoms with Gasteiger partial charge in [0.25, 0.3) is 0 Å². The Labute approximate surface area is 101 Å². The second-order valence-corrected chi connectivity index (χ2v) is 3.68. The molecule has 0 aliphatic heterocycles. The van der Waals surface area contributed by atoms with Crippen LogP contribution < -0.4 is 5.32 Å². The third-order valence-electron chi connectivity index (χ3n) is 2.29. The molecule has 1 rings (SSSR count). The molecule has 0 aliphatic rings. The third-order valence-corrected chi connectivity index (χ3v) is 2.29. The number of carbonyl (C=O) groups is 2. The number of ether oxygens (including phenoxy) is 1. The van der Waals surface area contributed by atoms with E-state index in [0.29, 0.717) is 6.61 Å². The van der Waals surface area contributed by atoms with E-state index in [9.17, 15) is 9.59 Å². The van der Waals surface area contributed by atoms with Gasteiger partial charge in [-0.05, 0) is 19.4 Å². The van der Waals surface area contributed by atoms with E-state index in [1.807, 2.05) is 37.3 Å². The van der Waals surface area contributed by atoms with E-state index in [0.717, 1.165) is 5.56 Å². The van der Waals surface area contributed by atoms with Crippen LogP contribution in [0.5, 0.6) is 0 Å². The van der Waals surface area contributed by atoms with Crippen LogP contribution in [0, 0.1) is 0 Å². The first-order valence-corrected chi connectivity index (χ1v) is 5.63. The molecule has 0 heterocycles. The number of nitrogens with one attached hydrogen (secondary N) is 1. The van der Waals surface area contributed by atoms with E-state index in [-0.39, 0.29) is 18.4 Å². The molecule has 1 N–H and O–H groups in total. The molecular formula is C13H17NO3. The van der Waals surface area contributed by atoms with Gasteiger partial charge in [-0.1, -0.05) is 30.3 Å². The predicted octanol–water partition coefficient (Wildman–Crippen LogP) is 1.82. The summed E-state index contributed by atoms with van der Waals surface area (Å²) < 4.78 is 4.70. The lowest BCUT2D eigenvalue weighted by molar-refractivity contribution is -0.146. The zero-order valence-corrected chi connectivity index (χ0v) is 10.1. The van der Waals surface area contributed by atoms with Crippen molar-refractivity contribution in [2.75, 3.05) is 6.61 Å². The number of esters is 1. The summed E-state index contributed by atoms with van der Waals surface area (Å²) in [6.45, 7) is 3.88. The molecule has 0 fully saturated rings. The van der Waals surface area contributed by atoms with Gasteiger partial charge in [0.1, 0.15) is 6.42 Å². The van der Waals surface area contributed by atoms with Gasteiger partial charge in [-0.15, -0.1) is 0 Å². The fraction of sp³-hybridized carbons (Fsp3) is 0.385. The van der Waals surface area contributed by atoms with Crippen molar-refractivity contribution in [3.8, 4) is 0 Å². The summed E-state index contributed by atoms with van der Waals surface area (Å²) in [5.41, 5.74) is 1.00. The molecule has 1 amide bonds. The van der Waals surface area contributed by atoms with Gasteiger partial charge in [0, 0.05) is 0 Å². The van der Waals surface area contributed by atoms with E-state index in [1.165, 1.54) is 0 Å². The van der Waals surface area contributed by atoms with E-state index in [1.54, 1.807) is 6.92 Å². The van der Waals surface area contributed by atoms with Crippen LogP contribution >= 0.6 is 0 Å². The molecule has 17 heavy (non-hydrogen) atoms. The minimum atomic E-state index is -0.495. The van der Waals surface area contributed by atoms with Crippen LogP contribution in [0.25, 0.3) is 0 Å². The normalized spacial score (nSPS) is 11.6. The van der Waals surface area contributed by atoms with Gasteiger partial charge in [-0.3, -0.25) is 9.59 Å². The Bertz CT molecular complexity index is 376. The molecule has 0 spiro atoms. The summed E-state index contributed by atoms with van der Waals surface area (Å²) in [7, 11) is 0. The molecular weight excluding hydrogens is 218 g/mol. The molecule has 1 aromatic rings. The fourth-order valence-corrected chi connectivity index (χ4v) is 1.46. The van der Waals surface area contributed by atoms with Gasteiger partial charge in [-0.25, -0.2) is 0 Å². The summed E-state index contributed by atoms with van der Waals surface area (Å²) >= 11 is 0. The highest BCUT2D eigenvalue weighted by Crippen LogP contribution is 2.11. The van der Waals surface area contributed by atoms with Crippen molar-refractivity contribution in [1.29, 1.82) is 0 Å². The lowest BCUT2D eigenvalue weighted by Gasteiger charge is -2.13. The molecule has 4 nitrogen and oxygen atoms in total. The van der Waals surface area contributed by atoms with Gasteiger partial charge < -0.3 is 10.1 Å². The van der Waals surface area contributed by atoms with Gasteiger partial charge >= 0.3 is 5.97 Å². The molecule has 92 valence electrons. The fourth-order valence-electron chi connectivity index (χ4n) is 1.46. The first-order chi connectivity index (χ1) is 8.13. The number of hydrogen-bond donors (Lipinski definition) is 1. The quantitative estimate of drug-likeness (QED) is 0.625. The summed E-state index contributed by atoms with van der Waals surface area (Å²) in [6.07, 6.45) is -0.231. The molecule has 0 unspecified atom stereocenters. The Hall–Kier alpha value is -1.84. The highest BCUT2D eigenvalue weighted by molar-refractivity contribution is 5.94. The molecule has 0 saturated carbocycles. The van der Waals surface area contributed by atoms with Gasteiger partial charge in [-0.2, -0.15) is 0 Å². The Morgan fingerprint density at radius 2 is 1.94 bits per heavy atom. The lowest BCUT2D eigenvalue weighted by atomic mass is 10.1. The van der Waals surface area contributed by atoms with E-state index >= 15 is 0 Å². The molecule has 0 aromatic heterocycles. The number of amides is 1. The summed E-state index contributed by atoms with van der Waals surface area (Å²) in [4.78, 5) is 22.6. The van der Waals surface area contributed by atoms with Gasteiger partial charge in [0.15, 0.2) is 0 Å². The standard InChI is InChI=1S/C13H17NO3/c1-3-17-13(16)9-12(15)14-10(2)11-7-5-4-6-8-11/h4-8,10H,3,9H2,1-2H3,(H,14,15)/t10-/m0/s1. The Morgan fingerprint density at radius 3 is 2.53 bits per heavy atom. The van der Waals surface area contributed by atoms with E-state index in [4.69, 9.17) is 4.74 Å². The number of hydrogen-bond acceptors (Lipinski definition) is 3. The third kappa shape index (κ3) is 4.68. The highest BCUT2D eigenvalue weighted by Gasteiger charge is 2.13. The Kier molecular flexibility index (Phi) is 5.20. The smallest absolute Gasteiger partial charge is 0.315 e. The van der Waals surface area contributed by atoms with Crippen LogP contribution in [0.15, 0.2) is 30.3 Å². The SMILES string of the molecule is CCOC(=O)CC(=O)N[C@@H](C)c1ccccc1. The predicted molar refractivity (Wildman–Crippen MR) is 64.2 cm³/mol. The molecule has 1 atom stereocenters. The van der Waals surface area contributed by atoms with Crippen molar-refractivity contribution in [3.05, 3.63) is 35.9 Å². The van der Waals surface area contributed by atoms with Crippen molar-refractivity contribution in [2.24, 2.45) is 0 Å². The molecule has 0 radical (unpaired) electrons. The van der Waals surface area contributed by atoms with Crippen molar-refractivity contribution >= 4 is 11.9 Å². The lowest BCUT2D eigenvalue weighted by Crippen LogP contribution is -2.29. The van der Waals surface area contributed by atoms with Crippen molar-refractivity contribution in [2.45, 2.75) is 26.3 Å². The minimum Gasteiger partial charge on any atom is -0.466 e. The van der Waals surface area contributed by atoms with Gasteiger partial charge in [0.2, 0.25) is 5.91 Å². The zero-order valence-electron chi connectivity index (χ0n) is 10.1. The zero-order chi connectivity index (χ0) is 12.7. The van der Waals surface area contributed by atoms with Crippen LogP contribution in [0.4, 0.5) is 0 Å². The average Bonchev–Trinajstić information content (AvgIpc) is 2.30. The van der Waals surface area contributed by atoms with Crippen LogP contribution in [-0.2, 0) is 14.3 Å². The monoisotopic (exact) mass is 235 g/mol. The van der Waals surface area contributed by atoms with E-state index in [2.05, 4.69) is 5.32 Å². The maximum atomic E-state index is 11.5. The van der Waals surface area contributed by atoms with Crippen LogP contribution in [0.2, 0.25) is 0 Å². The maximum absolute atomic E-state index is 11.5. The van der Waals surface area contributed by atoms with E-state index < -0.39 is 5.97 Å². The summed E-state index contributed by atoms with van der Waals surface area (Å²) in [5.74, 6) is -0.815. The maximum Gasteiger partial charge on any atom is 0.315 e. The second kappa shape index (κ2) is 6.68. The summed E-state index contributed by atoms with van der Waals surface area (Å²) in [5, 5.41) is 2.75. The Morgan fingerprint density at radius 1 is 1.29 bits per heavy atom. The number of benzene rings is 1. The molecule has 0 saturated heterocycles. The number of rotatable bonds is 5. The largest absolute Gasteiger partial charge is 0.466 e. The first-order valence-electron chi connectivity index (χ1n) is 5.63. The van der Waals surface area contributed by atoms with Crippen molar-refractivity contribution in [3.63, 3.8) is 0 Å². The molecule has 4 heteroatoms.